The molecular weight excluding hydrogens is 439 g/mol. The first kappa shape index (κ1) is 22.4. The average Bonchev–Trinajstić information content (AvgIpc) is 3.48. The number of fused-ring (bicyclic) bond motifs is 1. The van der Waals surface area contributed by atoms with E-state index in [9.17, 15) is 13.2 Å². The summed E-state index contributed by atoms with van der Waals surface area (Å²) in [6.07, 6.45) is 5.43. The molecule has 0 amide bonds. The van der Waals surface area contributed by atoms with Crippen molar-refractivity contribution in [3.05, 3.63) is 24.2 Å². The van der Waals surface area contributed by atoms with Crippen molar-refractivity contribution < 1.29 is 17.9 Å². The van der Waals surface area contributed by atoms with E-state index in [1.807, 2.05) is 10.8 Å². The number of nitrogens with zero attached hydrogens (tertiary/aromatic N) is 5. The number of piperidine rings is 1. The van der Waals surface area contributed by atoms with Gasteiger partial charge in [-0.1, -0.05) is 0 Å². The van der Waals surface area contributed by atoms with Crippen LogP contribution in [0.5, 0.6) is 0 Å². The first-order valence-electron chi connectivity index (χ1n) is 11.4. The molecule has 0 aliphatic carbocycles. The third kappa shape index (κ3) is 4.38. The molecule has 2 aromatic rings. The number of likely N-dealkylation sites (tertiary alicyclic amines) is 2. The summed E-state index contributed by atoms with van der Waals surface area (Å²) < 4.78 is 46.7. The largest absolute Gasteiger partial charge is 0.401 e. The van der Waals surface area contributed by atoms with Crippen molar-refractivity contribution in [1.29, 1.82) is 0 Å². The summed E-state index contributed by atoms with van der Waals surface area (Å²) in [7, 11) is 0. The van der Waals surface area contributed by atoms with Crippen LogP contribution in [0.4, 0.5) is 13.2 Å². The molecule has 3 saturated heterocycles. The average molecular weight is 470 g/mol. The molecule has 2 atom stereocenters. The monoisotopic (exact) mass is 469 g/mol. The summed E-state index contributed by atoms with van der Waals surface area (Å²) in [5.74, 6) is 0. The predicted octanol–water partition coefficient (Wildman–Crippen LogP) is 4.16. The van der Waals surface area contributed by atoms with E-state index in [2.05, 4.69) is 27.1 Å². The van der Waals surface area contributed by atoms with Gasteiger partial charge in [0.05, 0.1) is 23.9 Å². The maximum atomic E-state index is 12.8. The molecule has 3 fully saturated rings. The highest BCUT2D eigenvalue weighted by atomic mass is 32.2. The fourth-order valence-electron chi connectivity index (χ4n) is 5.86. The molecule has 0 bridgehead atoms. The molecule has 0 radical (unpaired) electrons. The Morgan fingerprint density at radius 3 is 2.72 bits per heavy atom. The van der Waals surface area contributed by atoms with Gasteiger partial charge in [0, 0.05) is 25.2 Å². The Kier molecular flexibility index (Phi) is 6.15. The van der Waals surface area contributed by atoms with Crippen molar-refractivity contribution in [2.75, 3.05) is 39.0 Å². The molecule has 32 heavy (non-hydrogen) atoms. The topological polar surface area (TPSA) is 45.9 Å². The smallest absolute Gasteiger partial charge is 0.367 e. The molecule has 176 valence electrons. The van der Waals surface area contributed by atoms with E-state index >= 15 is 0 Å². The third-order valence-electron chi connectivity index (χ3n) is 7.43. The quantitative estimate of drug-likeness (QED) is 0.613. The van der Waals surface area contributed by atoms with Crippen LogP contribution in [-0.4, -0.2) is 81.2 Å². The minimum Gasteiger partial charge on any atom is -0.367 e. The second kappa shape index (κ2) is 8.77. The molecule has 10 heteroatoms. The van der Waals surface area contributed by atoms with E-state index in [0.29, 0.717) is 13.1 Å². The van der Waals surface area contributed by atoms with E-state index in [-0.39, 0.29) is 17.7 Å². The first-order chi connectivity index (χ1) is 15.4. The molecule has 0 saturated carbocycles. The minimum atomic E-state index is -4.11. The predicted molar refractivity (Wildman–Crippen MR) is 117 cm³/mol. The Morgan fingerprint density at radius 2 is 1.97 bits per heavy atom. The molecule has 6 nitrogen and oxygen atoms in total. The number of halogens is 3. The van der Waals surface area contributed by atoms with Gasteiger partial charge in [-0.3, -0.25) is 9.80 Å². The molecule has 0 aromatic carbocycles. The molecule has 5 heterocycles. The lowest BCUT2D eigenvalue weighted by Gasteiger charge is -2.46. The summed E-state index contributed by atoms with van der Waals surface area (Å²) in [6.45, 7) is 2.14. The van der Waals surface area contributed by atoms with Gasteiger partial charge in [0.1, 0.15) is 17.5 Å². The summed E-state index contributed by atoms with van der Waals surface area (Å²) in [6, 6.07) is 4.15. The second-order valence-electron chi connectivity index (χ2n) is 9.31. The molecule has 2 aromatic heterocycles. The van der Waals surface area contributed by atoms with Crippen molar-refractivity contribution in [3.63, 3.8) is 0 Å². The fraction of sp³-hybridized carbons (Fsp3) is 0.727. The number of hydrogen-bond donors (Lipinski definition) is 0. The zero-order valence-electron chi connectivity index (χ0n) is 18.4. The maximum Gasteiger partial charge on any atom is 0.401 e. The van der Waals surface area contributed by atoms with Gasteiger partial charge in [0.25, 0.3) is 0 Å². The van der Waals surface area contributed by atoms with E-state index in [1.165, 1.54) is 0 Å². The second-order valence-corrected chi connectivity index (χ2v) is 10.1. The molecule has 3 aliphatic rings. The highest BCUT2D eigenvalue weighted by molar-refractivity contribution is 7.98. The lowest BCUT2D eigenvalue weighted by molar-refractivity contribution is -0.151. The van der Waals surface area contributed by atoms with Crippen LogP contribution in [0.2, 0.25) is 0 Å². The Balaban J connectivity index is 1.21. The van der Waals surface area contributed by atoms with E-state index < -0.39 is 12.7 Å². The van der Waals surface area contributed by atoms with Crippen molar-refractivity contribution in [2.45, 2.75) is 67.5 Å². The maximum absolute atomic E-state index is 12.8. The van der Waals surface area contributed by atoms with Crippen LogP contribution < -0.4 is 0 Å². The van der Waals surface area contributed by atoms with Crippen molar-refractivity contribution >= 4 is 17.3 Å². The van der Waals surface area contributed by atoms with Gasteiger partial charge in [-0.05, 0) is 63.5 Å². The number of aromatic nitrogens is 3. The van der Waals surface area contributed by atoms with Gasteiger partial charge >= 0.3 is 6.18 Å². The number of ether oxygens (including phenoxy) is 1. The van der Waals surface area contributed by atoms with Crippen molar-refractivity contribution in [3.8, 4) is 0 Å². The van der Waals surface area contributed by atoms with Gasteiger partial charge < -0.3 is 4.74 Å². The van der Waals surface area contributed by atoms with E-state index in [1.54, 1.807) is 23.0 Å². The first-order valence-corrected chi connectivity index (χ1v) is 12.7. The number of thioether (sulfide) groups is 1. The van der Waals surface area contributed by atoms with Crippen molar-refractivity contribution in [1.82, 2.24) is 24.4 Å². The van der Waals surface area contributed by atoms with Crippen LogP contribution in [0.3, 0.4) is 0 Å². The summed E-state index contributed by atoms with van der Waals surface area (Å²) >= 11 is 1.61. The van der Waals surface area contributed by atoms with Crippen LogP contribution in [-0.2, 0) is 4.74 Å². The third-order valence-corrected chi connectivity index (χ3v) is 8.13. The van der Waals surface area contributed by atoms with E-state index in [4.69, 9.17) is 4.74 Å². The summed E-state index contributed by atoms with van der Waals surface area (Å²) in [4.78, 5) is 8.42. The standard InChI is InChI=1S/C22H30F3N5OS/c1-32-20-18-5-4-17(30(18)27-15-26-20)19-6-3-16(31-19)13-29-10-2-7-21(29)8-11-28(12-9-21)14-22(23,24)25/h4-5,15-16,19H,2-3,6-14H2,1H3/t16-,19+/m0/s1. The van der Waals surface area contributed by atoms with Gasteiger partial charge in [-0.15, -0.1) is 11.8 Å². The van der Waals surface area contributed by atoms with Crippen LogP contribution in [0.15, 0.2) is 23.5 Å². The van der Waals surface area contributed by atoms with Crippen LogP contribution in [0, 0.1) is 0 Å². The zero-order chi connectivity index (χ0) is 22.3. The van der Waals surface area contributed by atoms with Gasteiger partial charge in [0.15, 0.2) is 0 Å². The van der Waals surface area contributed by atoms with Crippen LogP contribution in [0.25, 0.3) is 5.52 Å². The lowest BCUT2D eigenvalue weighted by Crippen LogP contribution is -2.54. The molecule has 1 spiro atoms. The summed E-state index contributed by atoms with van der Waals surface area (Å²) in [5, 5.41) is 5.40. The normalized spacial score (nSPS) is 27.1. The summed E-state index contributed by atoms with van der Waals surface area (Å²) in [5.41, 5.74) is 2.12. The molecule has 3 aliphatic heterocycles. The molecular formula is C22H30F3N5OS. The molecule has 0 unspecified atom stereocenters. The number of alkyl halides is 3. The van der Waals surface area contributed by atoms with E-state index in [0.717, 1.165) is 67.9 Å². The number of hydrogen-bond acceptors (Lipinski definition) is 6. The minimum absolute atomic E-state index is 0.0132. The zero-order valence-corrected chi connectivity index (χ0v) is 19.2. The van der Waals surface area contributed by atoms with Gasteiger partial charge in [-0.2, -0.15) is 18.3 Å². The highest BCUT2D eigenvalue weighted by Gasteiger charge is 2.45. The van der Waals surface area contributed by atoms with Gasteiger partial charge in [-0.25, -0.2) is 9.50 Å². The van der Waals surface area contributed by atoms with Crippen LogP contribution >= 0.6 is 11.8 Å². The lowest BCUT2D eigenvalue weighted by atomic mass is 9.84. The Morgan fingerprint density at radius 1 is 1.16 bits per heavy atom. The fourth-order valence-corrected chi connectivity index (χ4v) is 6.38. The van der Waals surface area contributed by atoms with Crippen molar-refractivity contribution in [2.24, 2.45) is 0 Å². The van der Waals surface area contributed by atoms with Gasteiger partial charge in [0.2, 0.25) is 0 Å². The Hall–Kier alpha value is -1.36. The molecule has 0 N–H and O–H groups in total. The number of rotatable bonds is 5. The Bertz CT molecular complexity index is 943. The SMILES string of the molecule is CSc1ncnn2c([C@H]3CC[C@@H](CN4CCCC45CCN(CC(F)(F)F)CC5)O3)ccc12. The van der Waals surface area contributed by atoms with Crippen LogP contribution in [0.1, 0.15) is 50.3 Å². The molecule has 5 rings (SSSR count). The highest BCUT2D eigenvalue weighted by Crippen LogP contribution is 2.41. The Labute approximate surface area is 190 Å².